The number of rotatable bonds is 4. The molecule has 1 atom stereocenters. The Labute approximate surface area is 110 Å². The van der Waals surface area contributed by atoms with Gasteiger partial charge in [0.05, 0.1) is 11.8 Å². The van der Waals surface area contributed by atoms with Crippen molar-refractivity contribution >= 4 is 6.08 Å². The summed E-state index contributed by atoms with van der Waals surface area (Å²) in [6.45, 7) is 7.93. The molecule has 0 aliphatic heterocycles. The van der Waals surface area contributed by atoms with Crippen LogP contribution in [-0.2, 0) is 0 Å². The minimum Gasteiger partial charge on any atom is -0.405 e. The van der Waals surface area contributed by atoms with Crippen molar-refractivity contribution < 1.29 is 5.11 Å². The van der Waals surface area contributed by atoms with Gasteiger partial charge in [-0.05, 0) is 42.8 Å². The molecule has 0 radical (unpaired) electrons. The van der Waals surface area contributed by atoms with Crippen LogP contribution in [0.5, 0.6) is 0 Å². The van der Waals surface area contributed by atoms with E-state index in [-0.39, 0.29) is 0 Å². The monoisotopic (exact) mass is 248 g/mol. The van der Waals surface area contributed by atoms with Crippen molar-refractivity contribution in [2.45, 2.75) is 40.2 Å². The molecule has 0 spiro atoms. The molecule has 0 saturated heterocycles. The maximum atomic E-state index is 9.65. The summed E-state index contributed by atoms with van der Waals surface area (Å²) < 4.78 is 0. The zero-order chi connectivity index (χ0) is 14.0. The zero-order valence-corrected chi connectivity index (χ0v) is 11.7. The summed E-state index contributed by atoms with van der Waals surface area (Å²) >= 11 is 0. The standard InChI is InChI=1S/C13H18N2O.C2H6/c1-3-13(16)12-8-10(2)11(9-15-12)6-4-5-7-14;1-2/h4-9,13,16H,3,14H2,1-2H3;1-2H3/b6-4+,7-5+;. The third-order valence-electron chi connectivity index (χ3n) is 2.40. The van der Waals surface area contributed by atoms with Crippen LogP contribution in [0.3, 0.4) is 0 Å². The van der Waals surface area contributed by atoms with Crippen LogP contribution in [0.15, 0.2) is 30.6 Å². The summed E-state index contributed by atoms with van der Waals surface area (Å²) in [6, 6.07) is 1.92. The summed E-state index contributed by atoms with van der Waals surface area (Å²) in [6.07, 6.45) is 9.01. The van der Waals surface area contributed by atoms with Crippen molar-refractivity contribution in [3.05, 3.63) is 47.4 Å². The number of hydrogen-bond donors (Lipinski definition) is 2. The average molecular weight is 248 g/mol. The van der Waals surface area contributed by atoms with Gasteiger partial charge in [-0.2, -0.15) is 0 Å². The first kappa shape index (κ1) is 16.4. The van der Waals surface area contributed by atoms with Crippen molar-refractivity contribution in [3.63, 3.8) is 0 Å². The van der Waals surface area contributed by atoms with Gasteiger partial charge in [-0.15, -0.1) is 0 Å². The van der Waals surface area contributed by atoms with Crippen LogP contribution in [-0.4, -0.2) is 10.1 Å². The topological polar surface area (TPSA) is 59.1 Å². The van der Waals surface area contributed by atoms with E-state index in [1.54, 1.807) is 12.3 Å². The molecule has 0 aromatic carbocycles. The minimum atomic E-state index is -0.472. The fraction of sp³-hybridized carbons (Fsp3) is 0.400. The maximum absolute atomic E-state index is 9.65. The fourth-order valence-electron chi connectivity index (χ4n) is 1.38. The first-order valence-electron chi connectivity index (χ1n) is 6.38. The second kappa shape index (κ2) is 9.42. The molecule has 18 heavy (non-hydrogen) atoms. The first-order chi connectivity index (χ1) is 8.69. The Morgan fingerprint density at radius 2 is 2.06 bits per heavy atom. The van der Waals surface area contributed by atoms with Crippen molar-refractivity contribution in [1.82, 2.24) is 4.98 Å². The van der Waals surface area contributed by atoms with Gasteiger partial charge in [0.15, 0.2) is 0 Å². The molecule has 0 saturated carbocycles. The van der Waals surface area contributed by atoms with Gasteiger partial charge in [-0.3, -0.25) is 4.98 Å². The predicted molar refractivity (Wildman–Crippen MR) is 77.9 cm³/mol. The SMILES string of the molecule is CC.CCC(O)c1cc(C)c(/C=C/C=C/N)cn1. The van der Waals surface area contributed by atoms with E-state index in [9.17, 15) is 5.11 Å². The molecule has 1 aromatic heterocycles. The van der Waals surface area contributed by atoms with Gasteiger partial charge in [-0.25, -0.2) is 0 Å². The number of hydrogen-bond acceptors (Lipinski definition) is 3. The lowest BCUT2D eigenvalue weighted by atomic mass is 10.1. The van der Waals surface area contributed by atoms with Crippen LogP contribution in [0.1, 0.15) is 50.1 Å². The molecule has 1 rings (SSSR count). The maximum Gasteiger partial charge on any atom is 0.0957 e. The van der Waals surface area contributed by atoms with E-state index in [1.807, 2.05) is 45.9 Å². The number of aliphatic hydroxyl groups excluding tert-OH is 1. The quantitative estimate of drug-likeness (QED) is 0.803. The van der Waals surface area contributed by atoms with Gasteiger partial charge >= 0.3 is 0 Å². The second-order valence-electron chi connectivity index (χ2n) is 3.63. The predicted octanol–water partition coefficient (Wildman–Crippen LogP) is 3.35. The molecule has 3 heteroatoms. The summed E-state index contributed by atoms with van der Waals surface area (Å²) in [7, 11) is 0. The Hall–Kier alpha value is -1.61. The van der Waals surface area contributed by atoms with Crippen molar-refractivity contribution in [3.8, 4) is 0 Å². The molecule has 0 aliphatic carbocycles. The number of allylic oxidation sites excluding steroid dienone is 2. The number of pyridine rings is 1. The summed E-state index contributed by atoms with van der Waals surface area (Å²) in [4.78, 5) is 4.23. The second-order valence-corrected chi connectivity index (χ2v) is 3.63. The van der Waals surface area contributed by atoms with Crippen molar-refractivity contribution in [1.29, 1.82) is 0 Å². The number of nitrogens with zero attached hydrogens (tertiary/aromatic N) is 1. The third-order valence-corrected chi connectivity index (χ3v) is 2.40. The molecule has 0 aliphatic rings. The van der Waals surface area contributed by atoms with Crippen LogP contribution in [0.2, 0.25) is 0 Å². The smallest absolute Gasteiger partial charge is 0.0957 e. The average Bonchev–Trinajstić information content (AvgIpc) is 2.42. The highest BCUT2D eigenvalue weighted by Gasteiger charge is 2.07. The van der Waals surface area contributed by atoms with Gasteiger partial charge in [0, 0.05) is 6.20 Å². The van der Waals surface area contributed by atoms with E-state index in [0.717, 1.165) is 16.8 Å². The minimum absolute atomic E-state index is 0.472. The molecule has 0 amide bonds. The number of aliphatic hydroxyl groups is 1. The number of aromatic nitrogens is 1. The molecule has 100 valence electrons. The molecule has 3 nitrogen and oxygen atoms in total. The van der Waals surface area contributed by atoms with Crippen LogP contribution in [0.4, 0.5) is 0 Å². The van der Waals surface area contributed by atoms with Gasteiger partial charge in [-0.1, -0.05) is 32.9 Å². The summed E-state index contributed by atoms with van der Waals surface area (Å²) in [5, 5.41) is 9.65. The van der Waals surface area contributed by atoms with Crippen molar-refractivity contribution in [2.24, 2.45) is 5.73 Å². The largest absolute Gasteiger partial charge is 0.405 e. The highest BCUT2D eigenvalue weighted by Crippen LogP contribution is 2.17. The Bertz CT molecular complexity index is 397. The lowest BCUT2D eigenvalue weighted by Crippen LogP contribution is -1.99. The van der Waals surface area contributed by atoms with Crippen LogP contribution in [0, 0.1) is 6.92 Å². The lowest BCUT2D eigenvalue weighted by molar-refractivity contribution is 0.169. The molecule has 0 bridgehead atoms. The Morgan fingerprint density at radius 1 is 1.39 bits per heavy atom. The van der Waals surface area contributed by atoms with Crippen LogP contribution >= 0.6 is 0 Å². The lowest BCUT2D eigenvalue weighted by Gasteiger charge is -2.09. The van der Waals surface area contributed by atoms with E-state index in [0.29, 0.717) is 6.42 Å². The molecule has 3 N–H and O–H groups in total. The van der Waals surface area contributed by atoms with E-state index >= 15 is 0 Å². The van der Waals surface area contributed by atoms with Crippen LogP contribution in [0.25, 0.3) is 6.08 Å². The summed E-state index contributed by atoms with van der Waals surface area (Å²) in [5.74, 6) is 0. The Morgan fingerprint density at radius 3 is 2.56 bits per heavy atom. The molecular formula is C15H24N2O. The van der Waals surface area contributed by atoms with E-state index in [1.165, 1.54) is 6.20 Å². The first-order valence-corrected chi connectivity index (χ1v) is 6.38. The molecule has 1 heterocycles. The zero-order valence-electron chi connectivity index (χ0n) is 11.7. The van der Waals surface area contributed by atoms with Gasteiger partial charge in [0.25, 0.3) is 0 Å². The molecular weight excluding hydrogens is 224 g/mol. The Kier molecular flexibility index (Phi) is 8.58. The number of aryl methyl sites for hydroxylation is 1. The third kappa shape index (κ3) is 5.15. The van der Waals surface area contributed by atoms with E-state index in [2.05, 4.69) is 4.98 Å². The highest BCUT2D eigenvalue weighted by atomic mass is 16.3. The summed E-state index contributed by atoms with van der Waals surface area (Å²) in [5.41, 5.74) is 8.09. The molecule has 0 fully saturated rings. The van der Waals surface area contributed by atoms with Gasteiger partial charge in [0.2, 0.25) is 0 Å². The van der Waals surface area contributed by atoms with Gasteiger partial charge < -0.3 is 10.8 Å². The van der Waals surface area contributed by atoms with Crippen LogP contribution < -0.4 is 5.73 Å². The Balaban J connectivity index is 0.00000137. The highest BCUT2D eigenvalue weighted by molar-refractivity contribution is 5.54. The number of nitrogens with two attached hydrogens (primary N) is 1. The molecule has 1 unspecified atom stereocenters. The normalized spacial score (nSPS) is 12.5. The fourth-order valence-corrected chi connectivity index (χ4v) is 1.38. The van der Waals surface area contributed by atoms with Gasteiger partial charge in [0.1, 0.15) is 0 Å². The van der Waals surface area contributed by atoms with E-state index < -0.39 is 6.10 Å². The molecule has 1 aromatic rings. The van der Waals surface area contributed by atoms with E-state index in [4.69, 9.17) is 5.73 Å². The van der Waals surface area contributed by atoms with Crippen molar-refractivity contribution in [2.75, 3.05) is 0 Å².